The van der Waals surface area contributed by atoms with Gasteiger partial charge in [-0.15, -0.1) is 0 Å². The summed E-state index contributed by atoms with van der Waals surface area (Å²) in [5, 5.41) is 8.58. The molecule has 1 rings (SSSR count). The normalized spacial score (nSPS) is 11.0. The summed E-state index contributed by atoms with van der Waals surface area (Å²) in [6, 6.07) is 0. The third-order valence-electron chi connectivity index (χ3n) is 2.75. The van der Waals surface area contributed by atoms with Gasteiger partial charge in [0.25, 0.3) is 0 Å². The van der Waals surface area contributed by atoms with E-state index in [2.05, 4.69) is 24.3 Å². The molecule has 0 spiro atoms. The molecule has 0 bridgehead atoms. The first kappa shape index (κ1) is 13.5. The molecule has 1 N–H and O–H groups in total. The van der Waals surface area contributed by atoms with Gasteiger partial charge in [0.15, 0.2) is 0 Å². The lowest BCUT2D eigenvalue weighted by Gasteiger charge is -2.04. The van der Waals surface area contributed by atoms with E-state index in [-0.39, 0.29) is 0 Å². The lowest BCUT2D eigenvalue weighted by molar-refractivity contribution is 0.615. The molecular weight excluding hydrogens is 222 g/mol. The van der Waals surface area contributed by atoms with E-state index in [1.54, 1.807) is 4.68 Å². The van der Waals surface area contributed by atoms with E-state index in [1.807, 2.05) is 7.05 Å². The lowest BCUT2D eigenvalue weighted by atomic mass is 10.2. The molecule has 0 aliphatic carbocycles. The fourth-order valence-electron chi connectivity index (χ4n) is 1.77. The minimum absolute atomic E-state index is 0.764. The lowest BCUT2D eigenvalue weighted by Crippen LogP contribution is -2.15. The first-order chi connectivity index (χ1) is 7.70. The van der Waals surface area contributed by atoms with Crippen LogP contribution in [-0.4, -0.2) is 16.3 Å². The van der Waals surface area contributed by atoms with Gasteiger partial charge in [0.1, 0.15) is 5.15 Å². The van der Waals surface area contributed by atoms with Crippen LogP contribution in [0.1, 0.15) is 44.4 Å². The zero-order chi connectivity index (χ0) is 12.0. The maximum atomic E-state index is 6.19. The Morgan fingerprint density at radius 2 is 2.06 bits per heavy atom. The van der Waals surface area contributed by atoms with Crippen LogP contribution in [0.25, 0.3) is 0 Å². The summed E-state index contributed by atoms with van der Waals surface area (Å²) in [5.74, 6) is 0. The topological polar surface area (TPSA) is 29.9 Å². The molecule has 0 aliphatic rings. The predicted molar refractivity (Wildman–Crippen MR) is 68.8 cm³/mol. The zero-order valence-corrected chi connectivity index (χ0v) is 11.3. The second-order valence-corrected chi connectivity index (χ2v) is 4.44. The van der Waals surface area contributed by atoms with Crippen molar-refractivity contribution in [2.45, 2.75) is 46.1 Å². The number of hydrogen-bond acceptors (Lipinski definition) is 2. The summed E-state index contributed by atoms with van der Waals surface area (Å²) in [7, 11) is 1.89. The molecular formula is C12H22ClN3. The zero-order valence-electron chi connectivity index (χ0n) is 10.5. The molecule has 4 heteroatoms. The Labute approximate surface area is 103 Å². The first-order valence-corrected chi connectivity index (χ1v) is 6.49. The molecule has 0 atom stereocenters. The molecule has 0 saturated heterocycles. The molecule has 1 heterocycles. The summed E-state index contributed by atoms with van der Waals surface area (Å²) in [5.41, 5.74) is 2.26. The fourth-order valence-corrected chi connectivity index (χ4v) is 1.99. The van der Waals surface area contributed by atoms with Gasteiger partial charge >= 0.3 is 0 Å². The highest BCUT2D eigenvalue weighted by Gasteiger charge is 2.11. The van der Waals surface area contributed by atoms with Crippen LogP contribution in [0.2, 0.25) is 5.15 Å². The van der Waals surface area contributed by atoms with Crippen molar-refractivity contribution in [2.24, 2.45) is 7.05 Å². The van der Waals surface area contributed by atoms with Crippen LogP contribution < -0.4 is 5.32 Å². The van der Waals surface area contributed by atoms with Crippen LogP contribution in [-0.2, 0) is 20.0 Å². The van der Waals surface area contributed by atoms with Crippen molar-refractivity contribution in [3.05, 3.63) is 16.4 Å². The van der Waals surface area contributed by atoms with Gasteiger partial charge in [-0.25, -0.2) is 0 Å². The minimum atomic E-state index is 0.764. The number of aryl methyl sites for hydroxylation is 2. The third-order valence-corrected chi connectivity index (χ3v) is 3.22. The van der Waals surface area contributed by atoms with E-state index in [9.17, 15) is 0 Å². The molecule has 0 radical (unpaired) electrons. The summed E-state index contributed by atoms with van der Waals surface area (Å²) < 4.78 is 1.75. The van der Waals surface area contributed by atoms with E-state index in [4.69, 9.17) is 11.6 Å². The van der Waals surface area contributed by atoms with Gasteiger partial charge in [-0.2, -0.15) is 5.10 Å². The van der Waals surface area contributed by atoms with Gasteiger partial charge in [0.2, 0.25) is 0 Å². The van der Waals surface area contributed by atoms with E-state index < -0.39 is 0 Å². The van der Waals surface area contributed by atoms with Crippen LogP contribution in [0.4, 0.5) is 0 Å². The van der Waals surface area contributed by atoms with Gasteiger partial charge in [-0.05, 0) is 19.4 Å². The summed E-state index contributed by atoms with van der Waals surface area (Å²) >= 11 is 6.19. The van der Waals surface area contributed by atoms with Gasteiger partial charge < -0.3 is 5.32 Å². The van der Waals surface area contributed by atoms with Crippen molar-refractivity contribution < 1.29 is 0 Å². The van der Waals surface area contributed by atoms with Crippen LogP contribution in [0.5, 0.6) is 0 Å². The number of unbranched alkanes of at least 4 members (excludes halogenated alkanes) is 2. The molecule has 0 aromatic carbocycles. The summed E-state index contributed by atoms with van der Waals surface area (Å²) in [4.78, 5) is 0. The Morgan fingerprint density at radius 3 is 2.69 bits per heavy atom. The second-order valence-electron chi connectivity index (χ2n) is 4.08. The first-order valence-electron chi connectivity index (χ1n) is 6.11. The molecule has 0 aliphatic heterocycles. The fraction of sp³-hybridized carbons (Fsp3) is 0.750. The van der Waals surface area contributed by atoms with E-state index in [0.717, 1.165) is 35.9 Å². The Kier molecular flexibility index (Phi) is 5.85. The maximum absolute atomic E-state index is 6.19. The van der Waals surface area contributed by atoms with Crippen molar-refractivity contribution in [3.8, 4) is 0 Å². The highest BCUT2D eigenvalue weighted by Crippen LogP contribution is 2.19. The largest absolute Gasteiger partial charge is 0.312 e. The molecule has 0 fully saturated rings. The minimum Gasteiger partial charge on any atom is -0.312 e. The number of halogens is 1. The molecule has 92 valence electrons. The molecule has 0 amide bonds. The van der Waals surface area contributed by atoms with Crippen molar-refractivity contribution in [1.29, 1.82) is 0 Å². The predicted octanol–water partition coefficient (Wildman–Crippen LogP) is 2.92. The summed E-state index contributed by atoms with van der Waals surface area (Å²) in [6.07, 6.45) is 4.71. The average molecular weight is 244 g/mol. The highest BCUT2D eigenvalue weighted by molar-refractivity contribution is 6.30. The second kappa shape index (κ2) is 6.92. The van der Waals surface area contributed by atoms with E-state index in [0.29, 0.717) is 0 Å². The van der Waals surface area contributed by atoms with Crippen LogP contribution in [0, 0.1) is 0 Å². The molecule has 1 aromatic heterocycles. The van der Waals surface area contributed by atoms with Gasteiger partial charge in [-0.3, -0.25) is 4.68 Å². The van der Waals surface area contributed by atoms with Crippen molar-refractivity contribution >= 4 is 11.6 Å². The van der Waals surface area contributed by atoms with E-state index in [1.165, 1.54) is 19.3 Å². The quantitative estimate of drug-likeness (QED) is 0.747. The molecule has 16 heavy (non-hydrogen) atoms. The number of hydrogen-bond donors (Lipinski definition) is 1. The van der Waals surface area contributed by atoms with Gasteiger partial charge in [0, 0.05) is 19.2 Å². The Bertz CT molecular complexity index is 320. The Balaban J connectivity index is 2.46. The number of nitrogens with zero attached hydrogens (tertiary/aromatic N) is 2. The maximum Gasteiger partial charge on any atom is 0.131 e. The van der Waals surface area contributed by atoms with E-state index >= 15 is 0 Å². The summed E-state index contributed by atoms with van der Waals surface area (Å²) in [6.45, 7) is 6.22. The van der Waals surface area contributed by atoms with Crippen LogP contribution >= 0.6 is 11.6 Å². The van der Waals surface area contributed by atoms with Crippen LogP contribution in [0.3, 0.4) is 0 Å². The van der Waals surface area contributed by atoms with Gasteiger partial charge in [0.05, 0.1) is 5.69 Å². The molecule has 1 aromatic rings. The average Bonchev–Trinajstić information content (AvgIpc) is 2.56. The number of rotatable bonds is 7. The molecule has 0 unspecified atom stereocenters. The Hall–Kier alpha value is -0.540. The van der Waals surface area contributed by atoms with Gasteiger partial charge in [-0.1, -0.05) is 38.3 Å². The van der Waals surface area contributed by atoms with Crippen LogP contribution in [0.15, 0.2) is 0 Å². The van der Waals surface area contributed by atoms with Crippen molar-refractivity contribution in [1.82, 2.24) is 15.1 Å². The molecule has 3 nitrogen and oxygen atoms in total. The third kappa shape index (κ3) is 3.49. The monoisotopic (exact) mass is 243 g/mol. The SMILES string of the molecule is CCCCCNCc1c(CC)nn(C)c1Cl. The smallest absolute Gasteiger partial charge is 0.131 e. The number of nitrogens with one attached hydrogen (secondary N) is 1. The number of aromatic nitrogens is 2. The highest BCUT2D eigenvalue weighted by atomic mass is 35.5. The van der Waals surface area contributed by atoms with Crippen molar-refractivity contribution in [2.75, 3.05) is 6.54 Å². The standard InChI is InChI=1S/C12H22ClN3/c1-4-6-7-8-14-9-10-11(5-2)15-16(3)12(10)13/h14H,4-9H2,1-3H3. The molecule has 0 saturated carbocycles. The van der Waals surface area contributed by atoms with Crippen molar-refractivity contribution in [3.63, 3.8) is 0 Å². The Morgan fingerprint density at radius 1 is 1.31 bits per heavy atom.